The number of rotatable bonds is 3. The van der Waals surface area contributed by atoms with E-state index in [9.17, 15) is 21.6 Å². The molecule has 0 bridgehead atoms. The van der Waals surface area contributed by atoms with Crippen molar-refractivity contribution in [3.63, 3.8) is 0 Å². The molecule has 0 atom stereocenters. The van der Waals surface area contributed by atoms with Crippen molar-refractivity contribution in [1.29, 1.82) is 0 Å². The first-order valence-electron chi connectivity index (χ1n) is 5.08. The fourth-order valence-electron chi connectivity index (χ4n) is 1.54. The van der Waals surface area contributed by atoms with Crippen LogP contribution in [0.4, 0.5) is 13.2 Å². The van der Waals surface area contributed by atoms with Gasteiger partial charge in [-0.2, -0.15) is 21.6 Å². The number of fused-ring (bicyclic) bond motifs is 1. The van der Waals surface area contributed by atoms with Crippen LogP contribution >= 0.6 is 0 Å². The minimum absolute atomic E-state index is 0.179. The Kier molecular flexibility index (Phi) is 3.31. The highest BCUT2D eigenvalue weighted by Gasteiger charge is 2.31. The molecule has 4 nitrogen and oxygen atoms in total. The monoisotopic (exact) mass is 294 g/mol. The van der Waals surface area contributed by atoms with E-state index in [-0.39, 0.29) is 23.1 Å². The van der Waals surface area contributed by atoms with E-state index in [1.807, 2.05) is 0 Å². The van der Waals surface area contributed by atoms with Crippen LogP contribution in [0.2, 0.25) is 0 Å². The van der Waals surface area contributed by atoms with Gasteiger partial charge < -0.3 is 4.42 Å². The maximum atomic E-state index is 12.6. The van der Waals surface area contributed by atoms with Gasteiger partial charge >= 0.3 is 6.18 Å². The molecule has 1 aromatic carbocycles. The highest BCUT2D eigenvalue weighted by Crippen LogP contribution is 2.33. The van der Waals surface area contributed by atoms with Gasteiger partial charge in [0.25, 0.3) is 10.1 Å². The van der Waals surface area contributed by atoms with E-state index in [0.717, 1.165) is 18.4 Å². The number of halogens is 3. The van der Waals surface area contributed by atoms with Crippen molar-refractivity contribution in [1.82, 2.24) is 0 Å². The molecule has 0 spiro atoms. The molecule has 2 rings (SSSR count). The van der Waals surface area contributed by atoms with Crippen LogP contribution in [0.1, 0.15) is 11.1 Å². The summed E-state index contributed by atoms with van der Waals surface area (Å²) in [4.78, 5) is 0. The van der Waals surface area contributed by atoms with Crippen LogP contribution in [0.5, 0.6) is 0 Å². The molecule has 1 heterocycles. The summed E-state index contributed by atoms with van der Waals surface area (Å²) < 4.78 is 69.0. The van der Waals surface area contributed by atoms with E-state index < -0.39 is 21.9 Å². The summed E-state index contributed by atoms with van der Waals surface area (Å²) in [6.45, 7) is -0.368. The zero-order valence-electron chi connectivity index (χ0n) is 9.69. The third-order valence-electron chi connectivity index (χ3n) is 2.41. The van der Waals surface area contributed by atoms with Crippen LogP contribution in [-0.4, -0.2) is 14.7 Å². The summed E-state index contributed by atoms with van der Waals surface area (Å²) in [5.74, 6) is 0. The minimum Gasteiger partial charge on any atom is -0.464 e. The molecule has 0 saturated carbocycles. The number of furan rings is 1. The van der Waals surface area contributed by atoms with Gasteiger partial charge in [0.15, 0.2) is 0 Å². The lowest BCUT2D eigenvalue weighted by atomic mass is 10.1. The van der Waals surface area contributed by atoms with Gasteiger partial charge in [-0.3, -0.25) is 4.18 Å². The van der Waals surface area contributed by atoms with Gasteiger partial charge in [0.2, 0.25) is 0 Å². The van der Waals surface area contributed by atoms with Gasteiger partial charge in [-0.05, 0) is 18.2 Å². The summed E-state index contributed by atoms with van der Waals surface area (Å²) in [5, 5.41) is 0.179. The molecular formula is C11H9F3O4S. The van der Waals surface area contributed by atoms with Crippen LogP contribution in [0.15, 0.2) is 28.9 Å². The van der Waals surface area contributed by atoms with E-state index in [1.54, 1.807) is 0 Å². The molecule has 0 amide bonds. The predicted molar refractivity (Wildman–Crippen MR) is 60.8 cm³/mol. The van der Waals surface area contributed by atoms with E-state index in [0.29, 0.717) is 0 Å². The van der Waals surface area contributed by atoms with Crippen LogP contribution in [0, 0.1) is 0 Å². The topological polar surface area (TPSA) is 56.5 Å². The lowest BCUT2D eigenvalue weighted by Gasteiger charge is -2.06. The SMILES string of the molecule is CS(=O)(=O)OCc1coc2ccc(C(F)(F)F)cc12. The van der Waals surface area contributed by atoms with E-state index in [4.69, 9.17) is 4.42 Å². The van der Waals surface area contributed by atoms with Gasteiger partial charge in [0.05, 0.1) is 24.7 Å². The van der Waals surface area contributed by atoms with Crippen molar-refractivity contribution >= 4 is 21.1 Å². The second kappa shape index (κ2) is 4.53. The maximum Gasteiger partial charge on any atom is 0.416 e. The van der Waals surface area contributed by atoms with Gasteiger partial charge in [-0.25, -0.2) is 0 Å². The zero-order valence-corrected chi connectivity index (χ0v) is 10.5. The summed E-state index contributed by atoms with van der Waals surface area (Å²) in [7, 11) is -3.67. The highest BCUT2D eigenvalue weighted by atomic mass is 32.2. The van der Waals surface area contributed by atoms with E-state index in [2.05, 4.69) is 4.18 Å². The number of benzene rings is 1. The second-order valence-electron chi connectivity index (χ2n) is 3.94. The molecule has 0 fully saturated rings. The largest absolute Gasteiger partial charge is 0.464 e. The van der Waals surface area contributed by atoms with Gasteiger partial charge in [0.1, 0.15) is 5.58 Å². The van der Waals surface area contributed by atoms with Gasteiger partial charge in [-0.1, -0.05) is 0 Å². The lowest BCUT2D eigenvalue weighted by Crippen LogP contribution is -2.05. The van der Waals surface area contributed by atoms with Crippen LogP contribution in [0.25, 0.3) is 11.0 Å². The Morgan fingerprint density at radius 3 is 2.58 bits per heavy atom. The van der Waals surface area contributed by atoms with Crippen molar-refractivity contribution in [2.75, 3.05) is 6.26 Å². The summed E-state index contributed by atoms with van der Waals surface area (Å²) in [5.41, 5.74) is -0.353. The zero-order chi connectivity index (χ0) is 14.3. The Morgan fingerprint density at radius 1 is 1.32 bits per heavy atom. The Hall–Kier alpha value is -1.54. The summed E-state index contributed by atoms with van der Waals surface area (Å²) >= 11 is 0. The van der Waals surface area contributed by atoms with Crippen LogP contribution in [-0.2, 0) is 27.1 Å². The Bertz CT molecular complexity index is 700. The van der Waals surface area contributed by atoms with E-state index in [1.165, 1.54) is 12.3 Å². The molecule has 0 unspecified atom stereocenters. The third-order valence-corrected chi connectivity index (χ3v) is 2.96. The molecule has 19 heavy (non-hydrogen) atoms. The van der Waals surface area contributed by atoms with Crippen LogP contribution in [0.3, 0.4) is 0 Å². The standard InChI is InChI=1S/C11H9F3O4S/c1-19(15,16)18-6-7-5-17-10-3-2-8(4-9(7)10)11(12,13)14/h2-5H,6H2,1H3. The van der Waals surface area contributed by atoms with E-state index >= 15 is 0 Å². The van der Waals surface area contributed by atoms with Gasteiger partial charge in [0, 0.05) is 10.9 Å². The maximum absolute atomic E-state index is 12.6. The average Bonchev–Trinajstić information content (AvgIpc) is 2.66. The van der Waals surface area contributed by atoms with Crippen LogP contribution < -0.4 is 0 Å². The lowest BCUT2D eigenvalue weighted by molar-refractivity contribution is -0.137. The highest BCUT2D eigenvalue weighted by molar-refractivity contribution is 7.85. The molecule has 1 aromatic heterocycles. The first kappa shape index (κ1) is 13.9. The minimum atomic E-state index is -4.47. The molecule has 0 aliphatic rings. The normalized spacial score (nSPS) is 13.1. The number of alkyl halides is 3. The molecule has 0 N–H and O–H groups in total. The molecule has 0 aliphatic heterocycles. The van der Waals surface area contributed by atoms with Crippen molar-refractivity contribution in [3.8, 4) is 0 Å². The molecule has 8 heteroatoms. The second-order valence-corrected chi connectivity index (χ2v) is 5.58. The Balaban J connectivity index is 2.40. The summed E-state index contributed by atoms with van der Waals surface area (Å²) in [6.07, 6.45) is -2.44. The van der Waals surface area contributed by atoms with Crippen molar-refractivity contribution < 1.29 is 30.2 Å². The number of hydrogen-bond acceptors (Lipinski definition) is 4. The van der Waals surface area contributed by atoms with Crippen molar-refractivity contribution in [2.45, 2.75) is 12.8 Å². The molecule has 104 valence electrons. The fraction of sp³-hybridized carbons (Fsp3) is 0.273. The quantitative estimate of drug-likeness (QED) is 0.817. The average molecular weight is 294 g/mol. The Labute approximate surface area is 106 Å². The smallest absolute Gasteiger partial charge is 0.416 e. The Morgan fingerprint density at radius 2 is 2.00 bits per heavy atom. The van der Waals surface area contributed by atoms with Crippen molar-refractivity contribution in [3.05, 3.63) is 35.6 Å². The molecule has 2 aromatic rings. The van der Waals surface area contributed by atoms with Gasteiger partial charge in [-0.15, -0.1) is 0 Å². The molecule has 0 radical (unpaired) electrons. The van der Waals surface area contributed by atoms with Crippen molar-refractivity contribution in [2.24, 2.45) is 0 Å². The number of hydrogen-bond donors (Lipinski definition) is 0. The first-order valence-corrected chi connectivity index (χ1v) is 6.90. The molecule has 0 saturated heterocycles. The first-order chi connectivity index (χ1) is 8.67. The fourth-order valence-corrected chi connectivity index (χ4v) is 1.88. The summed E-state index contributed by atoms with van der Waals surface area (Å²) in [6, 6.07) is 2.98. The molecule has 0 aliphatic carbocycles. The third kappa shape index (κ3) is 3.27. The predicted octanol–water partition coefficient (Wildman–Crippen LogP) is 2.93. The molecular weight excluding hydrogens is 285 g/mol.